The minimum absolute atomic E-state index is 0.440. The Kier molecular flexibility index (Phi) is 4.17. The van der Waals surface area contributed by atoms with Crippen LogP contribution in [0.1, 0.15) is 17.5 Å². The summed E-state index contributed by atoms with van der Waals surface area (Å²) >= 11 is 3.50. The Morgan fingerprint density at radius 1 is 1.29 bits per heavy atom. The molecule has 0 bridgehead atoms. The third-order valence-corrected chi connectivity index (χ3v) is 4.31. The van der Waals surface area contributed by atoms with Crippen LogP contribution in [0.25, 0.3) is 0 Å². The van der Waals surface area contributed by atoms with Gasteiger partial charge in [0.15, 0.2) is 0 Å². The number of aliphatic hydroxyl groups excluding tert-OH is 1. The summed E-state index contributed by atoms with van der Waals surface area (Å²) in [6, 6.07) is 14.3. The van der Waals surface area contributed by atoms with Crippen LogP contribution in [0.4, 0.5) is 5.69 Å². The Balaban J connectivity index is 1.92. The number of hydrogen-bond acceptors (Lipinski definition) is 3. The smallest absolute Gasteiger partial charge is 0.127 e. The van der Waals surface area contributed by atoms with Crippen LogP contribution < -0.4 is 9.64 Å². The largest absolute Gasteiger partial charge is 0.497 e. The van der Waals surface area contributed by atoms with Gasteiger partial charge in [0.05, 0.1) is 7.11 Å². The second-order valence-corrected chi connectivity index (χ2v) is 6.19. The molecule has 0 spiro atoms. The zero-order valence-corrected chi connectivity index (χ0v) is 13.5. The molecule has 110 valence electrons. The van der Waals surface area contributed by atoms with Gasteiger partial charge in [-0.1, -0.05) is 34.1 Å². The molecule has 1 unspecified atom stereocenters. The van der Waals surface area contributed by atoms with E-state index < -0.39 is 6.23 Å². The number of aryl methyl sites for hydroxylation is 1. The third-order valence-electron chi connectivity index (χ3n) is 3.85. The van der Waals surface area contributed by atoms with E-state index in [-0.39, 0.29) is 0 Å². The predicted octanol–water partition coefficient (Wildman–Crippen LogP) is 3.73. The van der Waals surface area contributed by atoms with E-state index in [4.69, 9.17) is 4.74 Å². The van der Waals surface area contributed by atoms with Gasteiger partial charge in [-0.15, -0.1) is 0 Å². The molecule has 1 N–H and O–H groups in total. The van der Waals surface area contributed by atoms with Crippen molar-refractivity contribution >= 4 is 21.6 Å². The molecule has 0 fully saturated rings. The fraction of sp³-hybridized carbons (Fsp3) is 0.294. The predicted molar refractivity (Wildman–Crippen MR) is 87.6 cm³/mol. The maximum absolute atomic E-state index is 10.4. The number of benzene rings is 2. The number of fused-ring (bicyclic) bond motifs is 1. The average Bonchev–Trinajstić information content (AvgIpc) is 2.49. The highest BCUT2D eigenvalue weighted by Crippen LogP contribution is 2.32. The van der Waals surface area contributed by atoms with Crippen molar-refractivity contribution in [2.24, 2.45) is 0 Å². The molecule has 2 aromatic carbocycles. The van der Waals surface area contributed by atoms with Gasteiger partial charge in [-0.2, -0.15) is 0 Å². The van der Waals surface area contributed by atoms with Crippen LogP contribution >= 0.6 is 15.9 Å². The minimum atomic E-state index is -0.440. The highest BCUT2D eigenvalue weighted by Gasteiger charge is 2.24. The van der Waals surface area contributed by atoms with Crippen molar-refractivity contribution in [1.29, 1.82) is 0 Å². The van der Waals surface area contributed by atoms with E-state index in [1.54, 1.807) is 7.11 Å². The summed E-state index contributed by atoms with van der Waals surface area (Å²) in [5.74, 6) is 0.819. The van der Waals surface area contributed by atoms with Gasteiger partial charge in [-0.25, -0.2) is 0 Å². The van der Waals surface area contributed by atoms with Crippen LogP contribution in [0.15, 0.2) is 46.9 Å². The number of nitrogens with zero attached hydrogens (tertiary/aromatic N) is 1. The number of hydrogen-bond donors (Lipinski definition) is 1. The molecule has 21 heavy (non-hydrogen) atoms. The van der Waals surface area contributed by atoms with Crippen LogP contribution in [-0.2, 0) is 13.0 Å². The lowest BCUT2D eigenvalue weighted by Gasteiger charge is -2.36. The fourth-order valence-electron chi connectivity index (χ4n) is 2.82. The molecule has 1 heterocycles. The lowest BCUT2D eigenvalue weighted by Crippen LogP contribution is -2.38. The monoisotopic (exact) mass is 347 g/mol. The molecule has 2 aromatic rings. The van der Waals surface area contributed by atoms with Crippen LogP contribution in [0.2, 0.25) is 0 Å². The first-order chi connectivity index (χ1) is 10.2. The first-order valence-electron chi connectivity index (χ1n) is 7.03. The molecule has 1 aliphatic rings. The number of aliphatic hydroxyl groups is 1. The van der Waals surface area contributed by atoms with Crippen molar-refractivity contribution in [2.45, 2.75) is 25.6 Å². The molecule has 0 aromatic heterocycles. The number of methoxy groups -OCH3 is 1. The van der Waals surface area contributed by atoms with Crippen molar-refractivity contribution in [3.63, 3.8) is 0 Å². The van der Waals surface area contributed by atoms with Crippen molar-refractivity contribution in [3.8, 4) is 5.75 Å². The van der Waals surface area contributed by atoms with E-state index >= 15 is 0 Å². The Bertz CT molecular complexity index is 644. The van der Waals surface area contributed by atoms with Gasteiger partial charge in [-0.05, 0) is 48.2 Å². The van der Waals surface area contributed by atoms with Gasteiger partial charge in [0.2, 0.25) is 0 Å². The molecular formula is C17H18BrNO2. The van der Waals surface area contributed by atoms with E-state index in [1.807, 2.05) is 18.2 Å². The quantitative estimate of drug-likeness (QED) is 0.918. The van der Waals surface area contributed by atoms with Gasteiger partial charge in [-0.3, -0.25) is 0 Å². The lowest BCUT2D eigenvalue weighted by molar-refractivity contribution is 0.151. The van der Waals surface area contributed by atoms with Crippen LogP contribution in [-0.4, -0.2) is 18.4 Å². The average molecular weight is 348 g/mol. The molecule has 0 radical (unpaired) electrons. The summed E-state index contributed by atoms with van der Waals surface area (Å²) in [6.07, 6.45) is 1.25. The number of ether oxygens (including phenoxy) is 1. The van der Waals surface area contributed by atoms with E-state index in [0.29, 0.717) is 6.54 Å². The first kappa shape index (κ1) is 14.4. The standard InChI is InChI=1S/C17H18BrNO2/c1-21-15-9-12(8-14(18)10-15)11-19-16-5-3-2-4-13(16)6-7-17(19)20/h2-5,8-10,17,20H,6-7,11H2,1H3. The van der Waals surface area contributed by atoms with Crippen molar-refractivity contribution in [3.05, 3.63) is 58.1 Å². The molecule has 0 saturated heterocycles. The van der Waals surface area contributed by atoms with E-state index in [2.05, 4.69) is 45.1 Å². The molecule has 0 saturated carbocycles. The SMILES string of the molecule is COc1cc(Br)cc(CN2c3ccccc3CCC2O)c1. The zero-order chi connectivity index (χ0) is 14.8. The second kappa shape index (κ2) is 6.08. The van der Waals surface area contributed by atoms with Crippen LogP contribution in [0, 0.1) is 0 Å². The number of rotatable bonds is 3. The normalized spacial score (nSPS) is 17.5. The summed E-state index contributed by atoms with van der Waals surface area (Å²) in [4.78, 5) is 2.06. The summed E-state index contributed by atoms with van der Waals surface area (Å²) in [6.45, 7) is 0.661. The lowest BCUT2D eigenvalue weighted by atomic mass is 10.00. The molecule has 1 aliphatic heterocycles. The maximum atomic E-state index is 10.4. The van der Waals surface area contributed by atoms with Gasteiger partial charge in [0, 0.05) is 16.7 Å². The molecule has 4 heteroatoms. The molecule has 0 aliphatic carbocycles. The molecular weight excluding hydrogens is 330 g/mol. The van der Waals surface area contributed by atoms with E-state index in [0.717, 1.165) is 34.3 Å². The number of para-hydroxylation sites is 1. The van der Waals surface area contributed by atoms with Gasteiger partial charge in [0.1, 0.15) is 12.0 Å². The van der Waals surface area contributed by atoms with Crippen molar-refractivity contribution in [1.82, 2.24) is 0 Å². The summed E-state index contributed by atoms with van der Waals surface area (Å²) in [5, 5.41) is 10.4. The summed E-state index contributed by atoms with van der Waals surface area (Å²) < 4.78 is 6.29. The zero-order valence-electron chi connectivity index (χ0n) is 11.9. The van der Waals surface area contributed by atoms with Gasteiger partial charge in [0.25, 0.3) is 0 Å². The Morgan fingerprint density at radius 3 is 2.90 bits per heavy atom. The molecule has 1 atom stereocenters. The molecule has 3 rings (SSSR count). The van der Waals surface area contributed by atoms with E-state index in [1.165, 1.54) is 5.56 Å². The second-order valence-electron chi connectivity index (χ2n) is 5.28. The Morgan fingerprint density at radius 2 is 2.10 bits per heavy atom. The third kappa shape index (κ3) is 3.06. The molecule has 0 amide bonds. The topological polar surface area (TPSA) is 32.7 Å². The van der Waals surface area contributed by atoms with Crippen molar-refractivity contribution < 1.29 is 9.84 Å². The summed E-state index contributed by atoms with van der Waals surface area (Å²) in [5.41, 5.74) is 3.52. The fourth-order valence-corrected chi connectivity index (χ4v) is 3.34. The highest BCUT2D eigenvalue weighted by atomic mass is 79.9. The maximum Gasteiger partial charge on any atom is 0.127 e. The van der Waals surface area contributed by atoms with E-state index in [9.17, 15) is 5.11 Å². The Labute approximate surface area is 133 Å². The summed E-state index contributed by atoms with van der Waals surface area (Å²) in [7, 11) is 1.66. The van der Waals surface area contributed by atoms with Crippen molar-refractivity contribution in [2.75, 3.05) is 12.0 Å². The Hall–Kier alpha value is -1.52. The van der Waals surface area contributed by atoms with Gasteiger partial charge >= 0.3 is 0 Å². The van der Waals surface area contributed by atoms with Crippen LogP contribution in [0.3, 0.4) is 0 Å². The minimum Gasteiger partial charge on any atom is -0.497 e. The first-order valence-corrected chi connectivity index (χ1v) is 7.83. The van der Waals surface area contributed by atoms with Gasteiger partial charge < -0.3 is 14.7 Å². The highest BCUT2D eigenvalue weighted by molar-refractivity contribution is 9.10. The molecule has 3 nitrogen and oxygen atoms in total. The number of halogens is 1. The van der Waals surface area contributed by atoms with Crippen LogP contribution in [0.5, 0.6) is 5.75 Å². The number of anilines is 1.